The van der Waals surface area contributed by atoms with Crippen molar-refractivity contribution in [2.24, 2.45) is 11.8 Å². The molecule has 2 rings (SSSR count). The normalized spacial score (nSPS) is 21.0. The molecule has 23 heavy (non-hydrogen) atoms. The van der Waals surface area contributed by atoms with E-state index in [2.05, 4.69) is 38.1 Å². The molecule has 3 atom stereocenters. The van der Waals surface area contributed by atoms with Crippen LogP contribution in [-0.4, -0.2) is 17.7 Å². The number of benzene rings is 1. The lowest BCUT2D eigenvalue weighted by Gasteiger charge is -2.16. The van der Waals surface area contributed by atoms with Crippen molar-refractivity contribution in [2.45, 2.75) is 64.7 Å². The molecule has 0 radical (unpaired) electrons. The topological polar surface area (TPSA) is 46.5 Å². The molecular formula is C20H30O3. The summed E-state index contributed by atoms with van der Waals surface area (Å²) < 4.78 is 5.79. The Hall–Kier alpha value is -1.51. The molecule has 0 amide bonds. The van der Waals surface area contributed by atoms with Gasteiger partial charge in [-0.15, -0.1) is 0 Å². The minimum absolute atomic E-state index is 0.102. The molecule has 1 aromatic carbocycles. The van der Waals surface area contributed by atoms with Crippen LogP contribution in [0.4, 0.5) is 0 Å². The Kier molecular flexibility index (Phi) is 6.94. The summed E-state index contributed by atoms with van der Waals surface area (Å²) in [5, 5.41) is 9.04. The third-order valence-electron chi connectivity index (χ3n) is 4.94. The lowest BCUT2D eigenvalue weighted by Crippen LogP contribution is -2.04. The van der Waals surface area contributed by atoms with Crippen LogP contribution in [0.2, 0.25) is 0 Å². The molecule has 0 spiro atoms. The fraction of sp³-hybridized carbons (Fsp3) is 0.650. The van der Waals surface area contributed by atoms with Crippen molar-refractivity contribution in [1.82, 2.24) is 0 Å². The second kappa shape index (κ2) is 8.95. The Balaban J connectivity index is 1.79. The van der Waals surface area contributed by atoms with Gasteiger partial charge in [0.25, 0.3) is 0 Å². The number of hydrogen-bond donors (Lipinski definition) is 1. The number of hydrogen-bond acceptors (Lipinski definition) is 2. The van der Waals surface area contributed by atoms with Crippen molar-refractivity contribution in [2.75, 3.05) is 6.61 Å². The summed E-state index contributed by atoms with van der Waals surface area (Å²) in [6.07, 6.45) is 7.77. The van der Waals surface area contributed by atoms with E-state index in [4.69, 9.17) is 9.84 Å². The lowest BCUT2D eigenvalue weighted by atomic mass is 9.90. The Labute approximate surface area is 140 Å². The van der Waals surface area contributed by atoms with Gasteiger partial charge in [0, 0.05) is 0 Å². The highest BCUT2D eigenvalue weighted by Crippen LogP contribution is 2.46. The number of carboxylic acid groups (broad SMARTS) is 1. The molecule has 1 aromatic rings. The molecule has 3 unspecified atom stereocenters. The van der Waals surface area contributed by atoms with Gasteiger partial charge in [-0.05, 0) is 55.2 Å². The zero-order valence-electron chi connectivity index (χ0n) is 14.5. The van der Waals surface area contributed by atoms with Crippen LogP contribution >= 0.6 is 0 Å². The molecule has 1 fully saturated rings. The Bertz CT molecular complexity index is 480. The summed E-state index contributed by atoms with van der Waals surface area (Å²) in [5.74, 6) is 1.04. The van der Waals surface area contributed by atoms with Gasteiger partial charge < -0.3 is 9.84 Å². The fourth-order valence-electron chi connectivity index (χ4n) is 3.27. The van der Waals surface area contributed by atoms with E-state index < -0.39 is 5.97 Å². The van der Waals surface area contributed by atoms with Crippen LogP contribution in [0.1, 0.15) is 70.3 Å². The van der Waals surface area contributed by atoms with Gasteiger partial charge in [-0.3, -0.25) is 4.79 Å². The first-order valence-electron chi connectivity index (χ1n) is 9.11. The Morgan fingerprint density at radius 1 is 1.22 bits per heavy atom. The van der Waals surface area contributed by atoms with E-state index in [1.54, 1.807) is 0 Å². The van der Waals surface area contributed by atoms with Crippen molar-refractivity contribution in [3.63, 3.8) is 0 Å². The molecular weight excluding hydrogens is 288 g/mol. The maximum atomic E-state index is 11.0. The number of unbranched alkanes of at least 4 members (excludes halogenated alkanes) is 3. The standard InChI is InChI=1S/C20H30O3/c1-3-5-6-7-12-23-18-10-8-16(9-11-18)15(4-2)13-17-14-19(17)20(21)22/h8-11,15,17,19H,3-7,12-14H2,1-2H3,(H,21,22). The highest BCUT2D eigenvalue weighted by molar-refractivity contribution is 5.73. The van der Waals surface area contributed by atoms with Crippen molar-refractivity contribution in [3.8, 4) is 5.75 Å². The summed E-state index contributed by atoms with van der Waals surface area (Å²) in [5.41, 5.74) is 1.31. The molecule has 0 bridgehead atoms. The maximum absolute atomic E-state index is 11.0. The highest BCUT2D eigenvalue weighted by Gasteiger charge is 2.43. The number of carboxylic acids is 1. The number of rotatable bonds is 11. The average Bonchev–Trinajstić information content (AvgIpc) is 3.33. The van der Waals surface area contributed by atoms with Gasteiger partial charge in [0.05, 0.1) is 12.5 Å². The van der Waals surface area contributed by atoms with Gasteiger partial charge in [0.2, 0.25) is 0 Å². The van der Waals surface area contributed by atoms with Gasteiger partial charge in [0.15, 0.2) is 0 Å². The Morgan fingerprint density at radius 2 is 1.96 bits per heavy atom. The third kappa shape index (κ3) is 5.56. The van der Waals surface area contributed by atoms with Crippen LogP contribution in [0.15, 0.2) is 24.3 Å². The molecule has 3 nitrogen and oxygen atoms in total. The molecule has 0 heterocycles. The molecule has 0 aromatic heterocycles. The quantitative estimate of drug-likeness (QED) is 0.567. The lowest BCUT2D eigenvalue weighted by molar-refractivity contribution is -0.138. The minimum atomic E-state index is -0.628. The largest absolute Gasteiger partial charge is 0.494 e. The molecule has 0 saturated heterocycles. The summed E-state index contributed by atoms with van der Waals surface area (Å²) in [4.78, 5) is 11.0. The third-order valence-corrected chi connectivity index (χ3v) is 4.94. The van der Waals surface area contributed by atoms with Crippen molar-refractivity contribution in [3.05, 3.63) is 29.8 Å². The zero-order chi connectivity index (χ0) is 16.7. The SMILES string of the molecule is CCCCCCOc1ccc(C(CC)CC2CC2C(=O)O)cc1. The first-order valence-corrected chi connectivity index (χ1v) is 9.11. The van der Waals surface area contributed by atoms with Crippen LogP contribution in [0, 0.1) is 11.8 Å². The summed E-state index contributed by atoms with van der Waals surface area (Å²) >= 11 is 0. The van der Waals surface area contributed by atoms with Crippen LogP contribution in [0.3, 0.4) is 0 Å². The van der Waals surface area contributed by atoms with Crippen molar-refractivity contribution >= 4 is 5.97 Å². The second-order valence-electron chi connectivity index (χ2n) is 6.76. The van der Waals surface area contributed by atoms with Gasteiger partial charge in [-0.25, -0.2) is 0 Å². The van der Waals surface area contributed by atoms with E-state index in [9.17, 15) is 4.79 Å². The maximum Gasteiger partial charge on any atom is 0.306 e. The number of carbonyl (C=O) groups is 1. The average molecular weight is 318 g/mol. The zero-order valence-corrected chi connectivity index (χ0v) is 14.5. The number of aliphatic carboxylic acids is 1. The van der Waals surface area contributed by atoms with Crippen molar-refractivity contribution < 1.29 is 14.6 Å². The highest BCUT2D eigenvalue weighted by atomic mass is 16.5. The second-order valence-corrected chi connectivity index (χ2v) is 6.76. The van der Waals surface area contributed by atoms with Crippen LogP contribution < -0.4 is 4.74 Å². The predicted octanol–water partition coefficient (Wildman–Crippen LogP) is 5.25. The summed E-state index contributed by atoms with van der Waals surface area (Å²) in [6.45, 7) is 5.18. The van der Waals surface area contributed by atoms with Crippen molar-refractivity contribution in [1.29, 1.82) is 0 Å². The van der Waals surface area contributed by atoms with E-state index in [0.717, 1.165) is 38.0 Å². The van der Waals surface area contributed by atoms with Gasteiger partial charge in [-0.1, -0.05) is 45.2 Å². The van der Waals surface area contributed by atoms with E-state index in [1.165, 1.54) is 24.8 Å². The Morgan fingerprint density at radius 3 is 2.52 bits per heavy atom. The molecule has 128 valence electrons. The predicted molar refractivity (Wildman–Crippen MR) is 93.0 cm³/mol. The van der Waals surface area contributed by atoms with E-state index >= 15 is 0 Å². The van der Waals surface area contributed by atoms with E-state index in [-0.39, 0.29) is 5.92 Å². The molecule has 3 heteroatoms. The summed E-state index contributed by atoms with van der Waals surface area (Å²) in [6, 6.07) is 8.40. The monoisotopic (exact) mass is 318 g/mol. The fourth-order valence-corrected chi connectivity index (χ4v) is 3.27. The van der Waals surface area contributed by atoms with Gasteiger partial charge >= 0.3 is 5.97 Å². The smallest absolute Gasteiger partial charge is 0.306 e. The van der Waals surface area contributed by atoms with Crippen LogP contribution in [0.25, 0.3) is 0 Å². The number of ether oxygens (including phenoxy) is 1. The molecule has 1 N–H and O–H groups in total. The minimum Gasteiger partial charge on any atom is -0.494 e. The molecule has 0 aliphatic heterocycles. The van der Waals surface area contributed by atoms with Crippen LogP contribution in [0.5, 0.6) is 5.75 Å². The van der Waals surface area contributed by atoms with Crippen LogP contribution in [-0.2, 0) is 4.79 Å². The first kappa shape index (κ1) is 17.8. The molecule has 1 aliphatic carbocycles. The van der Waals surface area contributed by atoms with Gasteiger partial charge in [-0.2, -0.15) is 0 Å². The van der Waals surface area contributed by atoms with E-state index in [0.29, 0.717) is 11.8 Å². The van der Waals surface area contributed by atoms with Gasteiger partial charge in [0.1, 0.15) is 5.75 Å². The van der Waals surface area contributed by atoms with E-state index in [1.807, 2.05) is 0 Å². The molecule has 1 saturated carbocycles. The first-order chi connectivity index (χ1) is 11.2. The summed E-state index contributed by atoms with van der Waals surface area (Å²) in [7, 11) is 0. The molecule has 1 aliphatic rings.